The Morgan fingerprint density at radius 3 is 2.87 bits per heavy atom. The van der Waals surface area contributed by atoms with Gasteiger partial charge in [-0.2, -0.15) is 17.4 Å². The van der Waals surface area contributed by atoms with E-state index in [4.69, 9.17) is 4.42 Å². The monoisotopic (exact) mass is 336 g/mol. The second-order valence-electron chi connectivity index (χ2n) is 5.64. The number of aryl methyl sites for hydroxylation is 2. The second kappa shape index (κ2) is 6.38. The number of nitrogens with one attached hydrogen (secondary N) is 1. The number of hydrogen-bond donors (Lipinski definition) is 1. The van der Waals surface area contributed by atoms with Gasteiger partial charge in [0.2, 0.25) is 0 Å². The molecule has 7 nitrogen and oxygen atoms in total. The van der Waals surface area contributed by atoms with E-state index in [0.29, 0.717) is 23.8 Å². The molecular formula is C15H20N4O3S. The van der Waals surface area contributed by atoms with Gasteiger partial charge in [-0.15, -0.1) is 0 Å². The lowest BCUT2D eigenvalue weighted by atomic mass is 10.2. The van der Waals surface area contributed by atoms with Gasteiger partial charge < -0.3 is 4.42 Å². The predicted molar refractivity (Wildman–Crippen MR) is 84.7 cm³/mol. The molecular weight excluding hydrogens is 316 g/mol. The zero-order valence-corrected chi connectivity index (χ0v) is 14.0. The molecule has 2 aromatic rings. The molecule has 0 amide bonds. The average Bonchev–Trinajstić information content (AvgIpc) is 3.14. The largest absolute Gasteiger partial charge is 0.465 e. The van der Waals surface area contributed by atoms with Crippen LogP contribution in [0.3, 0.4) is 0 Å². The van der Waals surface area contributed by atoms with E-state index >= 15 is 0 Å². The summed E-state index contributed by atoms with van der Waals surface area (Å²) in [6, 6.07) is 5.16. The van der Waals surface area contributed by atoms with E-state index in [1.54, 1.807) is 19.2 Å². The number of rotatable bonds is 5. The van der Waals surface area contributed by atoms with Crippen LogP contribution in [0.1, 0.15) is 41.9 Å². The summed E-state index contributed by atoms with van der Waals surface area (Å²) in [6.07, 6.45) is 3.20. The minimum absolute atomic E-state index is 0.145. The van der Waals surface area contributed by atoms with Crippen molar-refractivity contribution in [3.8, 4) is 0 Å². The number of hydrogen-bond acceptors (Lipinski definition) is 5. The van der Waals surface area contributed by atoms with Crippen LogP contribution in [0.2, 0.25) is 0 Å². The third kappa shape index (κ3) is 3.60. The first-order valence-electron chi connectivity index (χ1n) is 7.57. The zero-order chi connectivity index (χ0) is 16.4. The number of nitrogens with zero attached hydrogens (tertiary/aromatic N) is 3. The summed E-state index contributed by atoms with van der Waals surface area (Å²) in [4.78, 5) is 8.21. The molecule has 1 aliphatic rings. The van der Waals surface area contributed by atoms with Crippen LogP contribution in [0.25, 0.3) is 0 Å². The van der Waals surface area contributed by atoms with E-state index in [2.05, 4.69) is 14.7 Å². The molecule has 23 heavy (non-hydrogen) atoms. The summed E-state index contributed by atoms with van der Waals surface area (Å²) in [5.74, 6) is 2.10. The van der Waals surface area contributed by atoms with Gasteiger partial charge >= 0.3 is 0 Å². The molecule has 0 unspecified atom stereocenters. The lowest BCUT2D eigenvalue weighted by molar-refractivity contribution is 0.330. The highest BCUT2D eigenvalue weighted by molar-refractivity contribution is 7.87. The summed E-state index contributed by atoms with van der Waals surface area (Å²) in [6.45, 7) is 4.26. The number of aromatic nitrogens is 2. The fourth-order valence-corrected chi connectivity index (χ4v) is 4.21. The Hall–Kier alpha value is -1.77. The van der Waals surface area contributed by atoms with Gasteiger partial charge in [-0.3, -0.25) is 0 Å². The van der Waals surface area contributed by atoms with Gasteiger partial charge in [0, 0.05) is 12.7 Å². The first kappa shape index (κ1) is 16.1. The number of furan rings is 1. The summed E-state index contributed by atoms with van der Waals surface area (Å²) < 4.78 is 34.9. The first-order valence-corrected chi connectivity index (χ1v) is 9.01. The van der Waals surface area contributed by atoms with Crippen molar-refractivity contribution in [3.05, 3.63) is 47.4 Å². The molecule has 1 saturated heterocycles. The van der Waals surface area contributed by atoms with Crippen molar-refractivity contribution in [2.24, 2.45) is 0 Å². The molecule has 0 aromatic carbocycles. The van der Waals surface area contributed by atoms with Gasteiger partial charge in [0.25, 0.3) is 10.2 Å². The SMILES string of the molecule is Cc1nccc(CNS(=O)(=O)N2CCC[C@@H]2c2ccc(C)o2)n1. The fourth-order valence-electron chi connectivity index (χ4n) is 2.80. The smallest absolute Gasteiger partial charge is 0.280 e. The average molecular weight is 336 g/mol. The van der Waals surface area contributed by atoms with Gasteiger partial charge in [-0.05, 0) is 44.9 Å². The Balaban J connectivity index is 1.73. The van der Waals surface area contributed by atoms with Gasteiger partial charge in [-0.1, -0.05) is 0 Å². The zero-order valence-electron chi connectivity index (χ0n) is 13.2. The molecule has 0 bridgehead atoms. The van der Waals surface area contributed by atoms with E-state index in [1.807, 2.05) is 19.1 Å². The molecule has 1 aliphatic heterocycles. The van der Waals surface area contributed by atoms with E-state index in [0.717, 1.165) is 18.6 Å². The van der Waals surface area contributed by atoms with Gasteiger partial charge in [0.05, 0.1) is 18.3 Å². The maximum absolute atomic E-state index is 12.6. The first-order chi connectivity index (χ1) is 11.0. The molecule has 3 heterocycles. The Kier molecular flexibility index (Phi) is 4.47. The lowest BCUT2D eigenvalue weighted by Gasteiger charge is -2.22. The van der Waals surface area contributed by atoms with Crippen LogP contribution in [-0.4, -0.2) is 29.2 Å². The molecule has 0 radical (unpaired) electrons. The highest BCUT2D eigenvalue weighted by atomic mass is 32.2. The third-order valence-corrected chi connectivity index (χ3v) is 5.44. The molecule has 124 valence electrons. The highest BCUT2D eigenvalue weighted by Gasteiger charge is 2.36. The van der Waals surface area contributed by atoms with E-state index in [9.17, 15) is 8.42 Å². The quantitative estimate of drug-likeness (QED) is 0.900. The molecule has 1 fully saturated rings. The van der Waals surface area contributed by atoms with Crippen LogP contribution >= 0.6 is 0 Å². The normalized spacial score (nSPS) is 19.3. The van der Waals surface area contributed by atoms with E-state index in [1.165, 1.54) is 4.31 Å². The van der Waals surface area contributed by atoms with Crippen molar-refractivity contribution < 1.29 is 12.8 Å². The molecule has 2 aromatic heterocycles. The van der Waals surface area contributed by atoms with Crippen LogP contribution in [0.4, 0.5) is 0 Å². The van der Waals surface area contributed by atoms with E-state index in [-0.39, 0.29) is 12.6 Å². The van der Waals surface area contributed by atoms with Crippen molar-refractivity contribution in [2.45, 2.75) is 39.3 Å². The summed E-state index contributed by atoms with van der Waals surface area (Å²) >= 11 is 0. The lowest BCUT2D eigenvalue weighted by Crippen LogP contribution is -2.40. The summed E-state index contributed by atoms with van der Waals surface area (Å²) in [5.41, 5.74) is 0.644. The second-order valence-corrected chi connectivity index (χ2v) is 7.35. The van der Waals surface area contributed by atoms with Gasteiger partial charge in [0.1, 0.15) is 17.3 Å². The molecule has 3 rings (SSSR count). The molecule has 0 aliphatic carbocycles. The minimum Gasteiger partial charge on any atom is -0.465 e. The van der Waals surface area contributed by atoms with Crippen LogP contribution in [-0.2, 0) is 16.8 Å². The maximum atomic E-state index is 12.6. The third-order valence-electron chi connectivity index (χ3n) is 3.87. The molecule has 1 atom stereocenters. The standard InChI is InChI=1S/C15H20N4O3S/c1-11-5-6-15(22-11)14-4-3-9-19(14)23(20,21)17-10-13-7-8-16-12(2)18-13/h5-8,14,17H,3-4,9-10H2,1-2H3/t14-/m1/s1. The summed E-state index contributed by atoms with van der Waals surface area (Å²) in [5, 5.41) is 0. The Morgan fingerprint density at radius 1 is 1.35 bits per heavy atom. The molecule has 0 spiro atoms. The van der Waals surface area contributed by atoms with Crippen LogP contribution in [0.5, 0.6) is 0 Å². The fraction of sp³-hybridized carbons (Fsp3) is 0.467. The van der Waals surface area contributed by atoms with Crippen molar-refractivity contribution in [1.29, 1.82) is 0 Å². The Bertz CT molecular complexity index is 788. The highest BCUT2D eigenvalue weighted by Crippen LogP contribution is 2.34. The molecule has 1 N–H and O–H groups in total. The van der Waals surface area contributed by atoms with Crippen molar-refractivity contribution in [2.75, 3.05) is 6.54 Å². The van der Waals surface area contributed by atoms with Crippen molar-refractivity contribution >= 4 is 10.2 Å². The van der Waals surface area contributed by atoms with Crippen LogP contribution in [0.15, 0.2) is 28.8 Å². The van der Waals surface area contributed by atoms with E-state index < -0.39 is 10.2 Å². The van der Waals surface area contributed by atoms with Gasteiger partial charge in [0.15, 0.2) is 0 Å². The topological polar surface area (TPSA) is 88.3 Å². The van der Waals surface area contributed by atoms with Crippen LogP contribution < -0.4 is 4.72 Å². The Labute approximate surface area is 135 Å². The predicted octanol–water partition coefficient (Wildman–Crippen LogP) is 1.86. The minimum atomic E-state index is -3.60. The van der Waals surface area contributed by atoms with Crippen molar-refractivity contribution in [3.63, 3.8) is 0 Å². The molecule has 0 saturated carbocycles. The maximum Gasteiger partial charge on any atom is 0.280 e. The van der Waals surface area contributed by atoms with Crippen molar-refractivity contribution in [1.82, 2.24) is 19.0 Å². The van der Waals surface area contributed by atoms with Crippen LogP contribution in [0, 0.1) is 13.8 Å². The summed E-state index contributed by atoms with van der Waals surface area (Å²) in [7, 11) is -3.60. The van der Waals surface area contributed by atoms with Gasteiger partial charge in [-0.25, -0.2) is 9.97 Å². The Morgan fingerprint density at radius 2 is 2.17 bits per heavy atom. The molecule has 8 heteroatoms.